The van der Waals surface area contributed by atoms with Crippen LogP contribution in [0, 0.1) is 5.92 Å². The molecule has 1 saturated carbocycles. The summed E-state index contributed by atoms with van der Waals surface area (Å²) in [5.74, 6) is 0.891. The summed E-state index contributed by atoms with van der Waals surface area (Å²) in [7, 11) is 0. The van der Waals surface area contributed by atoms with E-state index in [4.69, 9.17) is 5.73 Å². The summed E-state index contributed by atoms with van der Waals surface area (Å²) in [6, 6.07) is 0. The predicted molar refractivity (Wildman–Crippen MR) is 64.8 cm³/mol. The van der Waals surface area contributed by atoms with Crippen LogP contribution in [0.1, 0.15) is 51.9 Å². The maximum atomic E-state index is 6.03. The lowest BCUT2D eigenvalue weighted by molar-refractivity contribution is 0.0797. The van der Waals surface area contributed by atoms with E-state index in [-0.39, 0.29) is 0 Å². The van der Waals surface area contributed by atoms with Gasteiger partial charge in [-0.3, -0.25) is 4.90 Å². The Labute approximate surface area is 94.2 Å². The molecule has 2 N–H and O–H groups in total. The van der Waals surface area contributed by atoms with Crippen molar-refractivity contribution in [2.75, 3.05) is 19.6 Å². The van der Waals surface area contributed by atoms with Gasteiger partial charge < -0.3 is 5.73 Å². The molecule has 0 aromatic heterocycles. The zero-order valence-electron chi connectivity index (χ0n) is 10.2. The second kappa shape index (κ2) is 4.84. The highest BCUT2D eigenvalue weighted by molar-refractivity contribution is 5.00. The number of hydrogen-bond donors (Lipinski definition) is 1. The molecule has 2 fully saturated rings. The van der Waals surface area contributed by atoms with E-state index in [1.165, 1.54) is 58.0 Å². The van der Waals surface area contributed by atoms with Crippen molar-refractivity contribution in [2.45, 2.75) is 57.4 Å². The Hall–Kier alpha value is -0.0800. The molecule has 0 spiro atoms. The minimum Gasteiger partial charge on any atom is -0.329 e. The zero-order valence-corrected chi connectivity index (χ0v) is 10.2. The van der Waals surface area contributed by atoms with E-state index in [9.17, 15) is 0 Å². The van der Waals surface area contributed by atoms with Gasteiger partial charge in [0.25, 0.3) is 0 Å². The van der Waals surface area contributed by atoms with Gasteiger partial charge in [0.2, 0.25) is 0 Å². The lowest BCUT2D eigenvalue weighted by Gasteiger charge is -2.42. The molecule has 1 unspecified atom stereocenters. The second-order valence-electron chi connectivity index (χ2n) is 5.59. The fourth-order valence-electron chi connectivity index (χ4n) is 3.02. The van der Waals surface area contributed by atoms with Gasteiger partial charge in [-0.05, 0) is 51.6 Å². The standard InChI is InChI=1S/C13H26N2/c1-13(11-14,12-7-8-12)15-9-5-3-2-4-6-10-15/h12H,2-11,14H2,1H3. The third-order valence-electron chi connectivity index (χ3n) is 4.45. The van der Waals surface area contributed by atoms with Gasteiger partial charge in [-0.15, -0.1) is 0 Å². The fraction of sp³-hybridized carbons (Fsp3) is 1.00. The topological polar surface area (TPSA) is 29.3 Å². The van der Waals surface area contributed by atoms with E-state index in [2.05, 4.69) is 11.8 Å². The molecule has 1 aliphatic heterocycles. The average molecular weight is 210 g/mol. The molecule has 15 heavy (non-hydrogen) atoms. The van der Waals surface area contributed by atoms with E-state index in [1.807, 2.05) is 0 Å². The molecule has 1 heterocycles. The molecule has 0 bridgehead atoms. The van der Waals surface area contributed by atoms with Gasteiger partial charge in [0.1, 0.15) is 0 Å². The molecule has 2 aliphatic rings. The molecule has 0 aromatic rings. The summed E-state index contributed by atoms with van der Waals surface area (Å²) in [6.07, 6.45) is 9.85. The van der Waals surface area contributed by atoms with E-state index in [0.29, 0.717) is 5.54 Å². The predicted octanol–water partition coefficient (Wildman–Crippen LogP) is 2.38. The number of likely N-dealkylation sites (tertiary alicyclic amines) is 1. The molecule has 0 radical (unpaired) electrons. The lowest BCUT2D eigenvalue weighted by Crippen LogP contribution is -2.54. The van der Waals surface area contributed by atoms with E-state index >= 15 is 0 Å². The molecule has 0 amide bonds. The highest BCUT2D eigenvalue weighted by atomic mass is 15.2. The molecular weight excluding hydrogens is 184 g/mol. The minimum absolute atomic E-state index is 0.317. The van der Waals surface area contributed by atoms with Crippen molar-refractivity contribution in [1.29, 1.82) is 0 Å². The van der Waals surface area contributed by atoms with Crippen molar-refractivity contribution in [3.05, 3.63) is 0 Å². The van der Waals surface area contributed by atoms with Crippen molar-refractivity contribution in [1.82, 2.24) is 4.90 Å². The molecule has 1 atom stereocenters. The van der Waals surface area contributed by atoms with Crippen LogP contribution in [0.5, 0.6) is 0 Å². The van der Waals surface area contributed by atoms with Crippen LogP contribution in [0.4, 0.5) is 0 Å². The van der Waals surface area contributed by atoms with Crippen LogP contribution in [0.15, 0.2) is 0 Å². The van der Waals surface area contributed by atoms with E-state index in [1.54, 1.807) is 0 Å². The van der Waals surface area contributed by atoms with Crippen molar-refractivity contribution >= 4 is 0 Å². The van der Waals surface area contributed by atoms with Gasteiger partial charge in [-0.2, -0.15) is 0 Å². The van der Waals surface area contributed by atoms with Crippen molar-refractivity contribution in [2.24, 2.45) is 11.7 Å². The summed E-state index contributed by atoms with van der Waals surface area (Å²) in [6.45, 7) is 5.80. The van der Waals surface area contributed by atoms with Crippen LogP contribution in [-0.4, -0.2) is 30.1 Å². The average Bonchev–Trinajstić information content (AvgIpc) is 2.99. The highest BCUT2D eigenvalue weighted by Gasteiger charge is 2.44. The number of nitrogens with zero attached hydrogens (tertiary/aromatic N) is 1. The van der Waals surface area contributed by atoms with Crippen LogP contribution >= 0.6 is 0 Å². The van der Waals surface area contributed by atoms with Crippen molar-refractivity contribution in [3.8, 4) is 0 Å². The van der Waals surface area contributed by atoms with Crippen LogP contribution in [0.25, 0.3) is 0 Å². The Kier molecular flexibility index (Phi) is 3.68. The zero-order chi connectivity index (χ0) is 10.7. The third kappa shape index (κ3) is 2.54. The molecule has 2 heteroatoms. The lowest BCUT2D eigenvalue weighted by atomic mass is 9.91. The van der Waals surface area contributed by atoms with Gasteiger partial charge in [0, 0.05) is 12.1 Å². The number of hydrogen-bond acceptors (Lipinski definition) is 2. The quantitative estimate of drug-likeness (QED) is 0.775. The van der Waals surface area contributed by atoms with Crippen molar-refractivity contribution in [3.63, 3.8) is 0 Å². The third-order valence-corrected chi connectivity index (χ3v) is 4.45. The smallest absolute Gasteiger partial charge is 0.0331 e. The first-order chi connectivity index (χ1) is 7.27. The first kappa shape index (κ1) is 11.4. The summed E-state index contributed by atoms with van der Waals surface area (Å²) in [4.78, 5) is 2.70. The molecule has 2 rings (SSSR count). The molecule has 88 valence electrons. The van der Waals surface area contributed by atoms with Gasteiger partial charge in [-0.1, -0.05) is 19.3 Å². The largest absolute Gasteiger partial charge is 0.329 e. The first-order valence-electron chi connectivity index (χ1n) is 6.72. The van der Waals surface area contributed by atoms with Gasteiger partial charge >= 0.3 is 0 Å². The molecule has 1 saturated heterocycles. The Balaban J connectivity index is 1.97. The van der Waals surface area contributed by atoms with Crippen LogP contribution in [0.3, 0.4) is 0 Å². The Bertz CT molecular complexity index is 193. The van der Waals surface area contributed by atoms with Crippen LogP contribution < -0.4 is 5.73 Å². The highest BCUT2D eigenvalue weighted by Crippen LogP contribution is 2.42. The van der Waals surface area contributed by atoms with Crippen LogP contribution in [-0.2, 0) is 0 Å². The molecule has 2 nitrogen and oxygen atoms in total. The molecular formula is C13H26N2. The monoisotopic (exact) mass is 210 g/mol. The summed E-state index contributed by atoms with van der Waals surface area (Å²) >= 11 is 0. The maximum absolute atomic E-state index is 6.03. The second-order valence-corrected chi connectivity index (χ2v) is 5.59. The molecule has 1 aliphatic carbocycles. The first-order valence-corrected chi connectivity index (χ1v) is 6.72. The fourth-order valence-corrected chi connectivity index (χ4v) is 3.02. The minimum atomic E-state index is 0.317. The Morgan fingerprint density at radius 1 is 1.07 bits per heavy atom. The van der Waals surface area contributed by atoms with E-state index < -0.39 is 0 Å². The summed E-state index contributed by atoms with van der Waals surface area (Å²) in [5, 5.41) is 0. The van der Waals surface area contributed by atoms with Gasteiger partial charge in [0.05, 0.1) is 0 Å². The van der Waals surface area contributed by atoms with Gasteiger partial charge in [-0.25, -0.2) is 0 Å². The maximum Gasteiger partial charge on any atom is 0.0331 e. The van der Waals surface area contributed by atoms with E-state index in [0.717, 1.165) is 12.5 Å². The number of rotatable bonds is 3. The van der Waals surface area contributed by atoms with Crippen molar-refractivity contribution < 1.29 is 0 Å². The number of nitrogens with two attached hydrogens (primary N) is 1. The SMILES string of the molecule is CC(CN)(C1CC1)N1CCCCCCC1. The summed E-state index contributed by atoms with van der Waals surface area (Å²) < 4.78 is 0. The van der Waals surface area contributed by atoms with Crippen LogP contribution in [0.2, 0.25) is 0 Å². The van der Waals surface area contributed by atoms with Gasteiger partial charge in [0.15, 0.2) is 0 Å². The molecule has 0 aromatic carbocycles. The summed E-state index contributed by atoms with van der Waals surface area (Å²) in [5.41, 5.74) is 6.34. The Morgan fingerprint density at radius 3 is 2.07 bits per heavy atom. The normalized spacial score (nSPS) is 29.2. The Morgan fingerprint density at radius 2 is 1.60 bits per heavy atom.